The van der Waals surface area contributed by atoms with E-state index in [0.29, 0.717) is 28.7 Å². The molecular formula is C13H17ClN2O. The Morgan fingerprint density at radius 2 is 2.12 bits per heavy atom. The molecule has 1 amide bonds. The Kier molecular flexibility index (Phi) is 3.40. The molecule has 0 aliphatic heterocycles. The third-order valence-corrected chi connectivity index (χ3v) is 3.50. The fraction of sp³-hybridized carbons (Fsp3) is 0.462. The summed E-state index contributed by atoms with van der Waals surface area (Å²) in [4.78, 5) is 11.7. The third-order valence-electron chi connectivity index (χ3n) is 3.17. The highest BCUT2D eigenvalue weighted by atomic mass is 35.5. The molecule has 3 nitrogen and oxygen atoms in total. The summed E-state index contributed by atoms with van der Waals surface area (Å²) in [6.07, 6.45) is 1.13. The zero-order valence-corrected chi connectivity index (χ0v) is 10.8. The van der Waals surface area contributed by atoms with Crippen LogP contribution in [0.1, 0.15) is 20.3 Å². The van der Waals surface area contributed by atoms with Gasteiger partial charge in [0, 0.05) is 6.04 Å². The molecule has 0 bridgehead atoms. The van der Waals surface area contributed by atoms with E-state index < -0.39 is 0 Å². The van der Waals surface area contributed by atoms with Crippen molar-refractivity contribution in [2.45, 2.75) is 26.3 Å². The topological polar surface area (TPSA) is 41.1 Å². The van der Waals surface area contributed by atoms with Crippen molar-refractivity contribution in [3.05, 3.63) is 29.3 Å². The van der Waals surface area contributed by atoms with Crippen LogP contribution in [0.15, 0.2) is 24.3 Å². The quantitative estimate of drug-likeness (QED) is 0.865. The van der Waals surface area contributed by atoms with Gasteiger partial charge in [0.25, 0.3) is 0 Å². The van der Waals surface area contributed by atoms with Crippen molar-refractivity contribution < 1.29 is 4.79 Å². The van der Waals surface area contributed by atoms with Crippen LogP contribution in [-0.2, 0) is 4.79 Å². The second-order valence-corrected chi connectivity index (χ2v) is 5.56. The molecule has 0 saturated heterocycles. The van der Waals surface area contributed by atoms with Crippen LogP contribution in [-0.4, -0.2) is 18.5 Å². The first-order valence-electron chi connectivity index (χ1n) is 5.77. The second kappa shape index (κ2) is 4.67. The summed E-state index contributed by atoms with van der Waals surface area (Å²) in [6, 6.07) is 7.69. The predicted octanol–water partition coefficient (Wildman–Crippen LogP) is 2.67. The SMILES string of the molecule is CC1(C)CC1NCC(=O)Nc1ccccc1Cl. The Morgan fingerprint density at radius 3 is 2.71 bits per heavy atom. The molecule has 92 valence electrons. The lowest BCUT2D eigenvalue weighted by Gasteiger charge is -2.08. The first-order valence-corrected chi connectivity index (χ1v) is 6.14. The van der Waals surface area contributed by atoms with E-state index in [1.807, 2.05) is 12.1 Å². The fourth-order valence-electron chi connectivity index (χ4n) is 1.79. The van der Waals surface area contributed by atoms with Crippen LogP contribution in [0.25, 0.3) is 0 Å². The summed E-state index contributed by atoms with van der Waals surface area (Å²) in [5.41, 5.74) is 1.00. The molecule has 1 aliphatic carbocycles. The second-order valence-electron chi connectivity index (χ2n) is 5.15. The lowest BCUT2D eigenvalue weighted by molar-refractivity contribution is -0.115. The van der Waals surface area contributed by atoms with Gasteiger partial charge < -0.3 is 10.6 Å². The minimum atomic E-state index is -0.0548. The molecule has 17 heavy (non-hydrogen) atoms. The monoisotopic (exact) mass is 252 g/mol. The van der Waals surface area contributed by atoms with Gasteiger partial charge >= 0.3 is 0 Å². The van der Waals surface area contributed by atoms with Crippen LogP contribution in [0.5, 0.6) is 0 Å². The summed E-state index contributed by atoms with van der Waals surface area (Å²) in [7, 11) is 0. The number of nitrogens with one attached hydrogen (secondary N) is 2. The van der Waals surface area contributed by atoms with Crippen LogP contribution in [0.3, 0.4) is 0 Å². The summed E-state index contributed by atoms with van der Waals surface area (Å²) in [6.45, 7) is 4.71. The van der Waals surface area contributed by atoms with Crippen LogP contribution >= 0.6 is 11.6 Å². The van der Waals surface area contributed by atoms with Crippen molar-refractivity contribution in [3.8, 4) is 0 Å². The molecule has 0 heterocycles. The number of hydrogen-bond acceptors (Lipinski definition) is 2. The summed E-state index contributed by atoms with van der Waals surface area (Å²) in [5.74, 6) is -0.0548. The molecule has 0 spiro atoms. The number of benzene rings is 1. The van der Waals surface area contributed by atoms with Crippen LogP contribution in [0.2, 0.25) is 5.02 Å². The average Bonchev–Trinajstić information content (AvgIpc) is 2.87. The molecule has 1 aliphatic rings. The average molecular weight is 253 g/mol. The molecule has 1 unspecified atom stereocenters. The van der Waals surface area contributed by atoms with Gasteiger partial charge in [0.1, 0.15) is 0 Å². The molecule has 2 N–H and O–H groups in total. The molecule has 0 radical (unpaired) electrons. The van der Waals surface area contributed by atoms with Gasteiger partial charge in [-0.3, -0.25) is 4.79 Å². The van der Waals surface area contributed by atoms with Gasteiger partial charge in [-0.2, -0.15) is 0 Å². The molecule has 1 aromatic carbocycles. The summed E-state index contributed by atoms with van der Waals surface area (Å²) in [5, 5.41) is 6.58. The largest absolute Gasteiger partial charge is 0.324 e. The van der Waals surface area contributed by atoms with Gasteiger partial charge in [-0.1, -0.05) is 37.6 Å². The molecule has 1 atom stereocenters. The van der Waals surface area contributed by atoms with Crippen molar-refractivity contribution in [1.82, 2.24) is 5.32 Å². The molecule has 1 saturated carbocycles. The van der Waals surface area contributed by atoms with Crippen LogP contribution < -0.4 is 10.6 Å². The van der Waals surface area contributed by atoms with Crippen molar-refractivity contribution in [2.75, 3.05) is 11.9 Å². The van der Waals surface area contributed by atoms with Gasteiger partial charge in [-0.15, -0.1) is 0 Å². The van der Waals surface area contributed by atoms with Crippen molar-refractivity contribution in [2.24, 2.45) is 5.41 Å². The number of rotatable bonds is 4. The van der Waals surface area contributed by atoms with E-state index in [-0.39, 0.29) is 5.91 Å². The maximum atomic E-state index is 11.7. The van der Waals surface area contributed by atoms with Gasteiger partial charge in [0.15, 0.2) is 0 Å². The molecule has 1 fully saturated rings. The standard InChI is InChI=1S/C13H17ClN2O/c1-13(2)7-11(13)15-8-12(17)16-10-6-4-3-5-9(10)14/h3-6,11,15H,7-8H2,1-2H3,(H,16,17). The van der Waals surface area contributed by atoms with Crippen molar-refractivity contribution in [3.63, 3.8) is 0 Å². The minimum Gasteiger partial charge on any atom is -0.324 e. The van der Waals surface area contributed by atoms with Gasteiger partial charge in [-0.25, -0.2) is 0 Å². The number of halogens is 1. The van der Waals surface area contributed by atoms with Crippen molar-refractivity contribution >= 4 is 23.2 Å². The predicted molar refractivity (Wildman–Crippen MR) is 70.3 cm³/mol. The highest BCUT2D eigenvalue weighted by Gasteiger charge is 2.45. The summed E-state index contributed by atoms with van der Waals surface area (Å²) >= 11 is 5.95. The Morgan fingerprint density at radius 1 is 1.47 bits per heavy atom. The maximum Gasteiger partial charge on any atom is 0.238 e. The third kappa shape index (κ3) is 3.20. The number of para-hydroxylation sites is 1. The van der Waals surface area contributed by atoms with Crippen molar-refractivity contribution in [1.29, 1.82) is 0 Å². The minimum absolute atomic E-state index is 0.0548. The molecule has 0 aromatic heterocycles. The van der Waals surface area contributed by atoms with E-state index in [1.165, 1.54) is 0 Å². The first kappa shape index (κ1) is 12.4. The number of carbonyl (C=O) groups is 1. The zero-order valence-electron chi connectivity index (χ0n) is 10.1. The highest BCUT2D eigenvalue weighted by molar-refractivity contribution is 6.33. The van der Waals surface area contributed by atoms with Gasteiger partial charge in [0.05, 0.1) is 17.3 Å². The molecule has 2 rings (SSSR count). The van der Waals surface area contributed by atoms with Crippen LogP contribution in [0, 0.1) is 5.41 Å². The van der Waals surface area contributed by atoms with E-state index in [1.54, 1.807) is 12.1 Å². The summed E-state index contributed by atoms with van der Waals surface area (Å²) < 4.78 is 0. The van der Waals surface area contributed by atoms with E-state index in [9.17, 15) is 4.79 Å². The highest BCUT2D eigenvalue weighted by Crippen LogP contribution is 2.44. The van der Waals surface area contributed by atoms with E-state index in [4.69, 9.17) is 11.6 Å². The number of amides is 1. The lowest BCUT2D eigenvalue weighted by atomic mass is 10.2. The Labute approximate surface area is 107 Å². The lowest BCUT2D eigenvalue weighted by Crippen LogP contribution is -2.31. The van der Waals surface area contributed by atoms with E-state index in [2.05, 4.69) is 24.5 Å². The van der Waals surface area contributed by atoms with Gasteiger partial charge in [0.2, 0.25) is 5.91 Å². The maximum absolute atomic E-state index is 11.7. The Bertz CT molecular complexity index is 431. The van der Waals surface area contributed by atoms with Crippen LogP contribution in [0.4, 0.5) is 5.69 Å². The number of hydrogen-bond donors (Lipinski definition) is 2. The Balaban J connectivity index is 1.80. The normalized spacial score (nSPS) is 21.0. The number of anilines is 1. The zero-order chi connectivity index (χ0) is 12.5. The van der Waals surface area contributed by atoms with E-state index in [0.717, 1.165) is 6.42 Å². The molecule has 4 heteroatoms. The number of carbonyl (C=O) groups excluding carboxylic acids is 1. The Hall–Kier alpha value is -1.06. The fourth-order valence-corrected chi connectivity index (χ4v) is 1.97. The molecular weight excluding hydrogens is 236 g/mol. The van der Waals surface area contributed by atoms with E-state index >= 15 is 0 Å². The molecule has 1 aromatic rings. The van der Waals surface area contributed by atoms with Gasteiger partial charge in [-0.05, 0) is 24.0 Å². The smallest absolute Gasteiger partial charge is 0.238 e. The first-order chi connectivity index (χ1) is 7.99.